The molecule has 10 aromatic heterocycles. The Kier molecular flexibility index (Phi) is 26.3. The highest BCUT2D eigenvalue weighted by Crippen LogP contribution is 2.40. The predicted molar refractivity (Wildman–Crippen MR) is 483 cm³/mol. The highest BCUT2D eigenvalue weighted by atomic mass is 19.1. The average molecular weight is 1730 g/mol. The Morgan fingerprint density at radius 1 is 0.378 bits per heavy atom. The lowest BCUT2D eigenvalue weighted by Crippen LogP contribution is -2.20. The van der Waals surface area contributed by atoms with E-state index in [1.54, 1.807) is 51.4 Å². The van der Waals surface area contributed by atoms with E-state index in [1.165, 1.54) is 28.5 Å². The molecule has 127 heavy (non-hydrogen) atoms. The van der Waals surface area contributed by atoms with Gasteiger partial charge in [-0.25, -0.2) is 28.4 Å². The maximum atomic E-state index is 13.8. The number of benzene rings is 5. The molecule has 15 aromatic rings. The van der Waals surface area contributed by atoms with Gasteiger partial charge in [-0.15, -0.1) is 0 Å². The number of aromatic nitrogens is 10. The number of hydrogen-bond acceptors (Lipinski definition) is 16. The number of nitrogens with one attached hydrogen (secondary N) is 5. The molecule has 17 N–H and O–H groups in total. The number of H-pyrrole nitrogens is 5. The fraction of sp³-hybridized carbons (Fsp3) is 0.263. The molecule has 32 heteroatoms. The van der Waals surface area contributed by atoms with Crippen molar-refractivity contribution in [1.82, 2.24) is 47.8 Å². The van der Waals surface area contributed by atoms with Crippen LogP contribution >= 0.6 is 0 Å². The molecule has 1 aliphatic heterocycles. The standard InChI is InChI=1S/2C20H22N2O4.C19H20N2O4.C18H17FN2O4.C18H17N3O4/c1-4-6-11-7-8-14-12(9-11)10-15(22(14)3)17-13(5-2)18(23)16(20(25)26)19(24)21-17;1-4-6-11-7-8-12-10-15(22(3)14(12)9-11)17-13(5-2)18(23)16(20(25)26)19(24)21-17;1-4-10-6-7-11-9-14(21(3)13(11)8-10)16-12(5-2)17(22)15(19(24)25)18(23)20-16;1-4-10-15(20-17(23)14(16(10)22)18(24)25)13-7-9-6-11(19)8(2)5-12(9)21(13)3;1-8-15(20-17(23)14(16(8)22)18(24)25)9-2-3-13-10(4-9)5-12-6-11(19)7-21(12)13/h2*7-10H,4-6H2,1-3H3,(H,25,26)(H2,21,23,24);6-9H,4-5H2,1-3H3,(H,24,25)(H2,20,22,23);5-7H,4H2,1-3H3,(H,24,25)(H2,20,22,23);2-5,11H,6-7,19H2,1H3,(H,24,25)(H2,20,22,23). The molecule has 0 bridgehead atoms. The van der Waals surface area contributed by atoms with E-state index in [9.17, 15) is 88.1 Å². The number of hydrogen-bond donors (Lipinski definition) is 16. The SMILES string of the molecule is CCCc1ccc2c(c1)cc(-c1[nH]c(=O)c(C(=O)O)c(O)c1CC)n2C.CCCc1ccc2cc(-c3[nH]c(=O)c(C(=O)O)c(O)c3CC)n(C)c2c1.CCc1c(-c2cc3cc(F)c(C)cc3n2C)[nH]c(=O)c(C(=O)O)c1O.CCc1ccc2cc(-c3[nH]c(=O)c(C(=O)O)c(O)c3CC)n(C)c2c1.Cc1c(-c2ccc3c(c2)cc2n3CC(N)C2)[nH]c(=O)c(C(=O)O)c1O. The van der Waals surface area contributed by atoms with Crippen LogP contribution < -0.4 is 33.5 Å². The van der Waals surface area contributed by atoms with Crippen molar-refractivity contribution in [2.24, 2.45) is 33.9 Å². The van der Waals surface area contributed by atoms with E-state index >= 15 is 0 Å². The molecule has 0 saturated carbocycles. The Labute approximate surface area is 723 Å². The zero-order valence-corrected chi connectivity index (χ0v) is 72.1. The summed E-state index contributed by atoms with van der Waals surface area (Å²) < 4.78 is 23.6. The molecule has 1 aliphatic rings. The van der Waals surface area contributed by atoms with Crippen molar-refractivity contribution in [3.63, 3.8) is 0 Å². The third-order valence-corrected chi connectivity index (χ3v) is 23.4. The van der Waals surface area contributed by atoms with E-state index < -0.39 is 114 Å². The number of aromatic hydroxyl groups is 5. The van der Waals surface area contributed by atoms with Gasteiger partial charge < -0.3 is 105 Å². The molecule has 1 atom stereocenters. The van der Waals surface area contributed by atoms with Crippen LogP contribution in [0.25, 0.3) is 111 Å². The Bertz CT molecular complexity index is 7260. The quantitative estimate of drug-likeness (QED) is 0.0357. The second kappa shape index (κ2) is 36.7. The summed E-state index contributed by atoms with van der Waals surface area (Å²) in [6.45, 7) is 17.5. The van der Waals surface area contributed by atoms with Gasteiger partial charge in [-0.3, -0.25) is 24.0 Å². The van der Waals surface area contributed by atoms with Crippen LogP contribution in [0.5, 0.6) is 28.7 Å². The van der Waals surface area contributed by atoms with E-state index in [4.69, 9.17) is 21.1 Å². The number of carboxylic acids is 5. The Morgan fingerprint density at radius 2 is 0.709 bits per heavy atom. The van der Waals surface area contributed by atoms with Crippen molar-refractivity contribution in [1.29, 1.82) is 0 Å². The summed E-state index contributed by atoms with van der Waals surface area (Å²) in [5, 5.41) is 102. The monoisotopic (exact) mass is 1730 g/mol. The number of pyridine rings is 5. The summed E-state index contributed by atoms with van der Waals surface area (Å²) in [7, 11) is 7.43. The summed E-state index contributed by atoms with van der Waals surface area (Å²) in [5.74, 6) is -10.0. The molecule has 16 rings (SSSR count). The highest BCUT2D eigenvalue weighted by molar-refractivity contribution is 5.98. The van der Waals surface area contributed by atoms with Crippen LogP contribution in [0.3, 0.4) is 0 Å². The number of carboxylic acid groups (broad SMARTS) is 5. The van der Waals surface area contributed by atoms with Gasteiger partial charge in [-0.1, -0.05) is 97.7 Å². The first-order valence-electron chi connectivity index (χ1n) is 41.2. The van der Waals surface area contributed by atoms with Crippen molar-refractivity contribution >= 4 is 84.4 Å². The minimum atomic E-state index is -1.49. The van der Waals surface area contributed by atoms with Crippen LogP contribution in [-0.2, 0) is 86.1 Å². The second-order valence-corrected chi connectivity index (χ2v) is 31.3. The van der Waals surface area contributed by atoms with Crippen LogP contribution in [0.4, 0.5) is 4.39 Å². The van der Waals surface area contributed by atoms with Gasteiger partial charge in [0, 0.05) is 135 Å². The molecular weight excluding hydrogens is 1630 g/mol. The van der Waals surface area contributed by atoms with Gasteiger partial charge in [-0.2, -0.15) is 0 Å². The van der Waals surface area contributed by atoms with E-state index in [2.05, 4.69) is 92.7 Å². The Balaban J connectivity index is 0.000000144. The zero-order chi connectivity index (χ0) is 92.7. The summed E-state index contributed by atoms with van der Waals surface area (Å²) >= 11 is 0. The first-order chi connectivity index (χ1) is 60.3. The van der Waals surface area contributed by atoms with Gasteiger partial charge in [0.1, 0.15) is 34.6 Å². The van der Waals surface area contributed by atoms with Gasteiger partial charge in [0.05, 0.1) is 51.2 Å². The first-order valence-corrected chi connectivity index (χ1v) is 41.2. The third-order valence-electron chi connectivity index (χ3n) is 23.4. The average Bonchev–Trinajstić information content (AvgIpc) is 1.63. The fourth-order valence-electron chi connectivity index (χ4n) is 16.8. The number of rotatable bonds is 19. The van der Waals surface area contributed by atoms with Crippen LogP contribution in [-0.4, -0.2) is 135 Å². The molecule has 0 spiro atoms. The van der Waals surface area contributed by atoms with Crippen LogP contribution in [0, 0.1) is 19.7 Å². The number of aryl methyl sites for hydroxylation is 8. The number of nitrogens with zero attached hydrogens (tertiary/aromatic N) is 5. The second-order valence-electron chi connectivity index (χ2n) is 31.3. The minimum absolute atomic E-state index is 0.137. The summed E-state index contributed by atoms with van der Waals surface area (Å²) in [6.07, 6.45) is 7.32. The van der Waals surface area contributed by atoms with Gasteiger partial charge in [0.2, 0.25) is 0 Å². The molecule has 0 fully saturated rings. The molecule has 0 amide bonds. The molecule has 0 aliphatic carbocycles. The lowest BCUT2D eigenvalue weighted by atomic mass is 10.0. The molecular formula is C95H98FN11O20. The largest absolute Gasteiger partial charge is 0.506 e. The predicted octanol–water partition coefficient (Wildman–Crippen LogP) is 14.5. The van der Waals surface area contributed by atoms with Crippen molar-refractivity contribution in [2.75, 3.05) is 0 Å². The number of fused-ring (bicyclic) bond motifs is 7. The number of aromatic amines is 5. The van der Waals surface area contributed by atoms with E-state index in [0.717, 1.165) is 111 Å². The van der Waals surface area contributed by atoms with Crippen molar-refractivity contribution in [2.45, 2.75) is 139 Å². The van der Waals surface area contributed by atoms with Gasteiger partial charge in [0.15, 0.2) is 27.8 Å². The maximum absolute atomic E-state index is 13.8. The van der Waals surface area contributed by atoms with E-state index in [1.807, 2.05) is 103 Å². The highest BCUT2D eigenvalue weighted by Gasteiger charge is 2.31. The maximum Gasteiger partial charge on any atom is 0.345 e. The first kappa shape index (κ1) is 91.0. The van der Waals surface area contributed by atoms with Gasteiger partial charge in [-0.05, 0) is 165 Å². The number of nitrogens with two attached hydrogens (primary N) is 1. The summed E-state index contributed by atoms with van der Waals surface area (Å²) in [4.78, 5) is 130. The zero-order valence-electron chi connectivity index (χ0n) is 72.1. The number of halogens is 1. The third kappa shape index (κ3) is 17.1. The molecule has 31 nitrogen and oxygen atoms in total. The van der Waals surface area contributed by atoms with Crippen LogP contribution in [0.15, 0.2) is 139 Å². The van der Waals surface area contributed by atoms with Crippen LogP contribution in [0.2, 0.25) is 0 Å². The summed E-state index contributed by atoms with van der Waals surface area (Å²) in [6, 6.07) is 37.2. The Morgan fingerprint density at radius 3 is 1.10 bits per heavy atom. The molecule has 5 aromatic carbocycles. The number of carbonyl (C=O) groups is 5. The van der Waals surface area contributed by atoms with E-state index in [-0.39, 0.29) is 11.9 Å². The number of aromatic carboxylic acids is 5. The lowest BCUT2D eigenvalue weighted by molar-refractivity contribution is 0.0680. The van der Waals surface area contributed by atoms with Crippen LogP contribution in [0.1, 0.15) is 169 Å². The molecule has 11 heterocycles. The van der Waals surface area contributed by atoms with Gasteiger partial charge in [0.25, 0.3) is 27.8 Å². The van der Waals surface area contributed by atoms with Crippen molar-refractivity contribution in [3.8, 4) is 85.6 Å². The molecule has 0 saturated heterocycles. The van der Waals surface area contributed by atoms with Gasteiger partial charge >= 0.3 is 29.8 Å². The Hall–Kier alpha value is -15.2. The molecule has 660 valence electrons. The normalized spacial score (nSPS) is 12.2. The summed E-state index contributed by atoms with van der Waals surface area (Å²) in [5.41, 5.74) is 16.4. The smallest absolute Gasteiger partial charge is 0.345 e. The molecule has 0 radical (unpaired) electrons. The molecule has 1 unspecified atom stereocenters. The topological polar surface area (TPSA) is 503 Å². The fourth-order valence-corrected chi connectivity index (χ4v) is 16.8. The van der Waals surface area contributed by atoms with Crippen molar-refractivity contribution in [3.05, 3.63) is 256 Å². The lowest BCUT2D eigenvalue weighted by Gasteiger charge is -2.13. The van der Waals surface area contributed by atoms with Crippen molar-refractivity contribution < 1.29 is 79.4 Å². The van der Waals surface area contributed by atoms with E-state index in [0.29, 0.717) is 104 Å². The minimum Gasteiger partial charge on any atom is -0.506 e.